The van der Waals surface area contributed by atoms with Crippen LogP contribution >= 0.6 is 0 Å². The summed E-state index contributed by atoms with van der Waals surface area (Å²) >= 11 is 0. The Bertz CT molecular complexity index is 1170. The molecule has 2 aromatic carbocycles. The smallest absolute Gasteiger partial charge is 0.0770 e. The summed E-state index contributed by atoms with van der Waals surface area (Å²) in [5, 5.41) is 0. The first-order valence-electron chi connectivity index (χ1n) is 14.8. The second-order valence-electron chi connectivity index (χ2n) is 13.9. The lowest BCUT2D eigenvalue weighted by Gasteiger charge is -2.74. The summed E-state index contributed by atoms with van der Waals surface area (Å²) in [6, 6.07) is 21.5. The van der Waals surface area contributed by atoms with Crippen LogP contribution in [0.25, 0.3) is 0 Å². The lowest BCUT2D eigenvalue weighted by Crippen LogP contribution is -2.68. The van der Waals surface area contributed by atoms with E-state index in [0.717, 1.165) is 40.7 Å². The van der Waals surface area contributed by atoms with Crippen molar-refractivity contribution in [3.63, 3.8) is 0 Å². The molecule has 0 nitrogen and oxygen atoms in total. The third-order valence-corrected chi connectivity index (χ3v) is 12.0. The molecular weight excluding hydrogens is 432 g/mol. The molecule has 8 fully saturated rings. The van der Waals surface area contributed by atoms with Crippen molar-refractivity contribution in [2.45, 2.75) is 70.6 Å². The SMILES string of the molecule is C(#CC1(C#Cc2ccccc2)C2CC3CC(C2)CC1(C12CC4CC(CC(C4)C1)C2)C3)c1ccccc1. The topological polar surface area (TPSA) is 0 Å². The van der Waals surface area contributed by atoms with Gasteiger partial charge < -0.3 is 0 Å². The van der Waals surface area contributed by atoms with Gasteiger partial charge in [0, 0.05) is 16.5 Å². The Kier molecular flexibility index (Phi) is 4.67. The zero-order chi connectivity index (χ0) is 23.8. The molecule has 2 atom stereocenters. The average Bonchev–Trinajstić information content (AvgIpc) is 2.88. The molecule has 0 heterocycles. The Labute approximate surface area is 217 Å². The maximum absolute atomic E-state index is 4.11. The Morgan fingerprint density at radius 2 is 0.917 bits per heavy atom. The van der Waals surface area contributed by atoms with Crippen LogP contribution in [0.5, 0.6) is 0 Å². The molecule has 36 heavy (non-hydrogen) atoms. The highest BCUT2D eigenvalue weighted by Gasteiger charge is 2.73. The molecule has 2 aromatic rings. The lowest BCUT2D eigenvalue weighted by atomic mass is 9.29. The Morgan fingerprint density at radius 3 is 1.36 bits per heavy atom. The zero-order valence-electron chi connectivity index (χ0n) is 21.5. The Balaban J connectivity index is 1.35. The summed E-state index contributed by atoms with van der Waals surface area (Å²) in [6.45, 7) is 0. The van der Waals surface area contributed by atoms with Crippen molar-refractivity contribution in [1.82, 2.24) is 0 Å². The van der Waals surface area contributed by atoms with E-state index < -0.39 is 0 Å². The summed E-state index contributed by atoms with van der Waals surface area (Å²) in [5.74, 6) is 21.1. The molecule has 10 rings (SSSR count). The van der Waals surface area contributed by atoms with Crippen LogP contribution in [0.2, 0.25) is 0 Å². The molecule has 0 aromatic heterocycles. The molecule has 182 valence electrons. The van der Waals surface area contributed by atoms with Gasteiger partial charge >= 0.3 is 0 Å². The Morgan fingerprint density at radius 1 is 0.500 bits per heavy atom. The fourth-order valence-corrected chi connectivity index (χ4v) is 11.4. The summed E-state index contributed by atoms with van der Waals surface area (Å²) in [5.41, 5.74) is 2.92. The molecule has 0 aliphatic heterocycles. The van der Waals surface area contributed by atoms with Gasteiger partial charge in [-0.2, -0.15) is 0 Å². The third-order valence-electron chi connectivity index (χ3n) is 12.0. The summed E-state index contributed by atoms with van der Waals surface area (Å²) in [4.78, 5) is 0. The van der Waals surface area contributed by atoms with Crippen molar-refractivity contribution in [2.24, 2.45) is 51.8 Å². The van der Waals surface area contributed by atoms with Crippen LogP contribution in [0.1, 0.15) is 81.8 Å². The standard InChI is InChI=1S/C36H38/c1-3-7-26(8-4-1)11-13-35(14-12-27-9-5-2-6-10-27)33-19-31-18-32(20-33)25-36(35,24-31)34-21-28-15-29(22-34)17-30(16-28)23-34/h1-10,28-33H,15-25H2. The van der Waals surface area contributed by atoms with Gasteiger partial charge in [0.1, 0.15) is 5.41 Å². The van der Waals surface area contributed by atoms with Gasteiger partial charge in [0.2, 0.25) is 0 Å². The molecule has 0 saturated heterocycles. The average molecular weight is 471 g/mol. The molecule has 8 aliphatic rings. The van der Waals surface area contributed by atoms with Gasteiger partial charge in [0.15, 0.2) is 0 Å². The largest absolute Gasteiger partial charge is 0.101 e. The predicted octanol–water partition coefficient (Wildman–Crippen LogP) is 8.12. The first-order valence-corrected chi connectivity index (χ1v) is 14.8. The molecule has 2 unspecified atom stereocenters. The minimum absolute atomic E-state index is 0.169. The van der Waals surface area contributed by atoms with Gasteiger partial charge in [0.05, 0.1) is 0 Å². The van der Waals surface area contributed by atoms with Gasteiger partial charge in [-0.1, -0.05) is 60.1 Å². The van der Waals surface area contributed by atoms with E-state index in [1.807, 2.05) is 0 Å². The minimum Gasteiger partial charge on any atom is -0.0770 e. The predicted molar refractivity (Wildman–Crippen MR) is 146 cm³/mol. The number of hydrogen-bond acceptors (Lipinski definition) is 0. The molecule has 8 saturated carbocycles. The lowest BCUT2D eigenvalue weighted by molar-refractivity contribution is -0.238. The van der Waals surface area contributed by atoms with Crippen LogP contribution in [0.3, 0.4) is 0 Å². The summed E-state index contributed by atoms with van der Waals surface area (Å²) in [6.07, 6.45) is 16.0. The highest BCUT2D eigenvalue weighted by molar-refractivity contribution is 5.47. The fraction of sp³-hybridized carbons (Fsp3) is 0.556. The van der Waals surface area contributed by atoms with Crippen LogP contribution in [0.15, 0.2) is 60.7 Å². The number of benzene rings is 2. The van der Waals surface area contributed by atoms with Crippen molar-refractivity contribution in [1.29, 1.82) is 0 Å². The normalized spacial score (nSPS) is 42.3. The quantitative estimate of drug-likeness (QED) is 0.369. The summed E-state index contributed by atoms with van der Waals surface area (Å²) in [7, 11) is 0. The molecule has 0 radical (unpaired) electrons. The van der Waals surface area contributed by atoms with E-state index in [4.69, 9.17) is 0 Å². The van der Waals surface area contributed by atoms with Crippen molar-refractivity contribution >= 4 is 0 Å². The highest BCUT2D eigenvalue weighted by atomic mass is 14.8. The van der Waals surface area contributed by atoms with Crippen molar-refractivity contribution in [3.8, 4) is 23.7 Å². The molecule has 0 spiro atoms. The Hall–Kier alpha value is -2.44. The fourth-order valence-electron chi connectivity index (χ4n) is 11.4. The monoisotopic (exact) mass is 470 g/mol. The van der Waals surface area contributed by atoms with Crippen molar-refractivity contribution < 1.29 is 0 Å². The van der Waals surface area contributed by atoms with E-state index in [-0.39, 0.29) is 10.8 Å². The van der Waals surface area contributed by atoms with E-state index in [9.17, 15) is 0 Å². The van der Waals surface area contributed by atoms with Gasteiger partial charge in [-0.3, -0.25) is 0 Å². The number of rotatable bonds is 1. The van der Waals surface area contributed by atoms with E-state index in [1.54, 1.807) is 0 Å². The van der Waals surface area contributed by atoms with E-state index in [2.05, 4.69) is 84.3 Å². The van der Waals surface area contributed by atoms with E-state index in [1.165, 1.54) is 70.6 Å². The van der Waals surface area contributed by atoms with Crippen LogP contribution in [-0.2, 0) is 0 Å². The molecule has 8 aliphatic carbocycles. The summed E-state index contributed by atoms with van der Waals surface area (Å²) < 4.78 is 0. The second-order valence-corrected chi connectivity index (χ2v) is 13.9. The van der Waals surface area contributed by atoms with Gasteiger partial charge in [0.25, 0.3) is 0 Å². The minimum atomic E-state index is -0.169. The maximum Gasteiger partial charge on any atom is 0.101 e. The van der Waals surface area contributed by atoms with Gasteiger partial charge in [-0.25, -0.2) is 0 Å². The van der Waals surface area contributed by atoms with Gasteiger partial charge in [-0.05, 0) is 136 Å². The molecule has 0 amide bonds. The first kappa shape index (κ1) is 21.6. The van der Waals surface area contributed by atoms with Crippen molar-refractivity contribution in [2.75, 3.05) is 0 Å². The van der Waals surface area contributed by atoms with E-state index in [0.29, 0.717) is 11.3 Å². The molecule has 0 N–H and O–H groups in total. The van der Waals surface area contributed by atoms with Gasteiger partial charge in [-0.15, -0.1) is 0 Å². The molecular formula is C36H38. The van der Waals surface area contributed by atoms with E-state index >= 15 is 0 Å². The van der Waals surface area contributed by atoms with Crippen molar-refractivity contribution in [3.05, 3.63) is 71.8 Å². The molecule has 0 heteroatoms. The number of hydrogen-bond donors (Lipinski definition) is 0. The van der Waals surface area contributed by atoms with Crippen LogP contribution in [-0.4, -0.2) is 0 Å². The molecule has 8 bridgehead atoms. The van der Waals surface area contributed by atoms with Crippen LogP contribution in [0, 0.1) is 75.4 Å². The zero-order valence-corrected chi connectivity index (χ0v) is 21.5. The second kappa shape index (κ2) is 7.78. The van der Waals surface area contributed by atoms with Crippen LogP contribution in [0.4, 0.5) is 0 Å². The first-order chi connectivity index (χ1) is 17.7. The third kappa shape index (κ3) is 3.03. The maximum atomic E-state index is 4.11. The van der Waals surface area contributed by atoms with Crippen LogP contribution < -0.4 is 0 Å². The highest BCUT2D eigenvalue weighted by Crippen LogP contribution is 2.79.